The van der Waals surface area contributed by atoms with Crippen molar-refractivity contribution in [3.63, 3.8) is 0 Å². The molecule has 0 bridgehead atoms. The molecule has 6 nitrogen and oxygen atoms in total. The van der Waals surface area contributed by atoms with Crippen molar-refractivity contribution in [1.29, 1.82) is 0 Å². The number of carbonyl (C=O) groups excluding carboxylic acids is 2. The van der Waals surface area contributed by atoms with Crippen LogP contribution >= 0.6 is 0 Å². The summed E-state index contributed by atoms with van der Waals surface area (Å²) in [4.78, 5) is 35.9. The molecule has 1 saturated carbocycles. The quantitative estimate of drug-likeness (QED) is 0.769. The third kappa shape index (κ3) is 4.01. The van der Waals surface area contributed by atoms with Gasteiger partial charge in [0.2, 0.25) is 0 Å². The number of benzene rings is 1. The summed E-state index contributed by atoms with van der Waals surface area (Å²) < 4.78 is 0. The second-order valence-electron chi connectivity index (χ2n) is 9.69. The molecule has 1 N–H and O–H groups in total. The SMILES string of the molecule is C[C@@H]1CCCCN1CCNC(=O)c1c2c(nc3ccccc13)C(=O)N(C1CCCCC1)C2. The summed E-state index contributed by atoms with van der Waals surface area (Å²) >= 11 is 0. The van der Waals surface area contributed by atoms with Crippen molar-refractivity contribution in [1.82, 2.24) is 20.1 Å². The van der Waals surface area contributed by atoms with E-state index in [0.29, 0.717) is 30.4 Å². The van der Waals surface area contributed by atoms with Crippen molar-refractivity contribution >= 4 is 22.7 Å². The normalized spacial score (nSPS) is 22.3. The lowest BCUT2D eigenvalue weighted by Crippen LogP contribution is -2.42. The number of amides is 2. The van der Waals surface area contributed by atoms with Gasteiger partial charge in [-0.15, -0.1) is 0 Å². The minimum absolute atomic E-state index is 0.00570. The van der Waals surface area contributed by atoms with E-state index in [-0.39, 0.29) is 17.9 Å². The summed E-state index contributed by atoms with van der Waals surface area (Å²) in [5.41, 5.74) is 2.65. The van der Waals surface area contributed by atoms with E-state index in [1.54, 1.807) is 0 Å². The monoisotopic (exact) mass is 434 g/mol. The van der Waals surface area contributed by atoms with Crippen molar-refractivity contribution in [2.45, 2.75) is 76.9 Å². The van der Waals surface area contributed by atoms with Crippen LogP contribution in [0.1, 0.15) is 84.7 Å². The third-order valence-corrected chi connectivity index (χ3v) is 7.65. The highest BCUT2D eigenvalue weighted by Gasteiger charge is 2.38. The highest BCUT2D eigenvalue weighted by molar-refractivity contribution is 6.11. The van der Waals surface area contributed by atoms with Gasteiger partial charge in [0.1, 0.15) is 5.69 Å². The lowest BCUT2D eigenvalue weighted by Gasteiger charge is -2.33. The van der Waals surface area contributed by atoms with Gasteiger partial charge in [0.25, 0.3) is 11.8 Å². The highest BCUT2D eigenvalue weighted by atomic mass is 16.2. The highest BCUT2D eigenvalue weighted by Crippen LogP contribution is 2.34. The fraction of sp³-hybridized carbons (Fsp3) is 0.577. The molecular formula is C26H34N4O2. The fourth-order valence-electron chi connectivity index (χ4n) is 5.80. The Morgan fingerprint density at radius 1 is 1.09 bits per heavy atom. The van der Waals surface area contributed by atoms with Crippen molar-refractivity contribution < 1.29 is 9.59 Å². The molecule has 2 aromatic rings. The number of para-hydroxylation sites is 1. The number of nitrogens with zero attached hydrogens (tertiary/aromatic N) is 3. The standard InChI is InChI=1S/C26H34N4O2/c1-18-9-7-8-15-29(18)16-14-27-25(31)23-20-12-5-6-13-22(20)28-24-21(23)17-30(26(24)32)19-10-3-2-4-11-19/h5-6,12-13,18-19H,2-4,7-11,14-17H2,1H3,(H,27,31)/t18-/m1/s1. The van der Waals surface area contributed by atoms with Crippen molar-refractivity contribution in [2.75, 3.05) is 19.6 Å². The number of fused-ring (bicyclic) bond motifs is 2. The zero-order chi connectivity index (χ0) is 22.1. The number of carbonyl (C=O) groups is 2. The maximum atomic E-state index is 13.4. The maximum absolute atomic E-state index is 13.4. The Bertz CT molecular complexity index is 1010. The van der Waals surface area contributed by atoms with E-state index in [1.807, 2.05) is 29.2 Å². The van der Waals surface area contributed by atoms with E-state index in [9.17, 15) is 9.59 Å². The summed E-state index contributed by atoms with van der Waals surface area (Å²) in [6, 6.07) is 8.56. The number of likely N-dealkylation sites (tertiary alicyclic amines) is 1. The maximum Gasteiger partial charge on any atom is 0.273 e. The zero-order valence-electron chi connectivity index (χ0n) is 19.1. The smallest absolute Gasteiger partial charge is 0.273 e. The molecule has 2 amide bonds. The molecule has 3 aliphatic rings. The van der Waals surface area contributed by atoms with Gasteiger partial charge in [-0.25, -0.2) is 4.98 Å². The average Bonchev–Trinajstić information content (AvgIpc) is 3.15. The topological polar surface area (TPSA) is 65.5 Å². The van der Waals surface area contributed by atoms with Gasteiger partial charge in [-0.3, -0.25) is 14.5 Å². The van der Waals surface area contributed by atoms with E-state index in [4.69, 9.17) is 4.98 Å². The molecule has 1 aliphatic carbocycles. The third-order valence-electron chi connectivity index (χ3n) is 7.65. The van der Waals surface area contributed by atoms with E-state index in [0.717, 1.165) is 42.4 Å². The van der Waals surface area contributed by atoms with Crippen LogP contribution in [0.4, 0.5) is 0 Å². The number of hydrogen-bond acceptors (Lipinski definition) is 4. The predicted molar refractivity (Wildman–Crippen MR) is 126 cm³/mol. The molecule has 6 heteroatoms. The first-order valence-corrected chi connectivity index (χ1v) is 12.4. The Hall–Kier alpha value is -2.47. The molecule has 1 saturated heterocycles. The van der Waals surface area contributed by atoms with E-state index >= 15 is 0 Å². The molecule has 5 rings (SSSR count). The number of piperidine rings is 1. The predicted octanol–water partition coefficient (Wildman–Crippen LogP) is 4.13. The van der Waals surface area contributed by atoms with Crippen LogP contribution in [0, 0.1) is 0 Å². The summed E-state index contributed by atoms with van der Waals surface area (Å²) in [7, 11) is 0. The van der Waals surface area contributed by atoms with Gasteiger partial charge < -0.3 is 10.2 Å². The minimum atomic E-state index is -0.0807. The molecule has 1 atom stereocenters. The van der Waals surface area contributed by atoms with Crippen molar-refractivity contribution in [2.24, 2.45) is 0 Å². The molecule has 0 spiro atoms. The Morgan fingerprint density at radius 3 is 2.69 bits per heavy atom. The number of aromatic nitrogens is 1. The van der Waals surface area contributed by atoms with Gasteiger partial charge in [0, 0.05) is 42.7 Å². The van der Waals surface area contributed by atoms with Crippen LogP contribution in [0.15, 0.2) is 24.3 Å². The lowest BCUT2D eigenvalue weighted by atomic mass is 9.94. The zero-order valence-corrected chi connectivity index (χ0v) is 19.1. The van der Waals surface area contributed by atoms with E-state index < -0.39 is 0 Å². The van der Waals surface area contributed by atoms with Crippen LogP contribution in [0.2, 0.25) is 0 Å². The van der Waals surface area contributed by atoms with Gasteiger partial charge in [-0.2, -0.15) is 0 Å². The summed E-state index contributed by atoms with van der Waals surface area (Å²) in [5, 5.41) is 4.00. The molecule has 2 fully saturated rings. The largest absolute Gasteiger partial charge is 0.351 e. The van der Waals surface area contributed by atoms with Gasteiger partial charge in [-0.05, 0) is 45.2 Å². The lowest BCUT2D eigenvalue weighted by molar-refractivity contribution is 0.0655. The van der Waals surface area contributed by atoms with E-state index in [1.165, 1.54) is 38.5 Å². The molecule has 1 aromatic heterocycles. The summed E-state index contributed by atoms with van der Waals surface area (Å²) in [6.45, 7) is 5.37. The molecule has 1 aromatic carbocycles. The van der Waals surface area contributed by atoms with E-state index in [2.05, 4.69) is 17.1 Å². The van der Waals surface area contributed by atoms with Crippen molar-refractivity contribution in [3.8, 4) is 0 Å². The van der Waals surface area contributed by atoms with Crippen LogP contribution in [-0.4, -0.2) is 58.3 Å². The van der Waals surface area contributed by atoms with Crippen LogP contribution in [0.3, 0.4) is 0 Å². The van der Waals surface area contributed by atoms with Crippen LogP contribution in [0.5, 0.6) is 0 Å². The molecule has 32 heavy (non-hydrogen) atoms. The Kier molecular flexibility index (Phi) is 6.13. The molecule has 0 radical (unpaired) electrons. The molecular weight excluding hydrogens is 400 g/mol. The van der Waals surface area contributed by atoms with Crippen LogP contribution in [-0.2, 0) is 6.54 Å². The molecule has 2 aliphatic heterocycles. The second-order valence-corrected chi connectivity index (χ2v) is 9.69. The van der Waals surface area contributed by atoms with Crippen LogP contribution < -0.4 is 5.32 Å². The van der Waals surface area contributed by atoms with Gasteiger partial charge >= 0.3 is 0 Å². The first-order chi connectivity index (χ1) is 15.6. The first kappa shape index (κ1) is 21.4. The Morgan fingerprint density at radius 2 is 1.88 bits per heavy atom. The summed E-state index contributed by atoms with van der Waals surface area (Å²) in [6.07, 6.45) is 9.45. The van der Waals surface area contributed by atoms with Crippen molar-refractivity contribution in [3.05, 3.63) is 41.1 Å². The van der Waals surface area contributed by atoms with Gasteiger partial charge in [0.05, 0.1) is 11.1 Å². The Labute approximate surface area is 190 Å². The molecule has 3 heterocycles. The van der Waals surface area contributed by atoms with Gasteiger partial charge in [0.15, 0.2) is 0 Å². The molecule has 170 valence electrons. The second kappa shape index (κ2) is 9.18. The average molecular weight is 435 g/mol. The molecule has 0 unspecified atom stereocenters. The number of rotatable bonds is 5. The van der Waals surface area contributed by atoms with Crippen LogP contribution in [0.25, 0.3) is 10.9 Å². The Balaban J connectivity index is 1.40. The van der Waals surface area contributed by atoms with Gasteiger partial charge in [-0.1, -0.05) is 43.9 Å². The number of hydrogen-bond donors (Lipinski definition) is 1. The number of pyridine rings is 1. The first-order valence-electron chi connectivity index (χ1n) is 12.4. The summed E-state index contributed by atoms with van der Waals surface area (Å²) in [5.74, 6) is -0.0864. The number of nitrogens with one attached hydrogen (secondary N) is 1. The fourth-order valence-corrected chi connectivity index (χ4v) is 5.80. The minimum Gasteiger partial charge on any atom is -0.351 e.